The van der Waals surface area contributed by atoms with E-state index in [1.807, 2.05) is 0 Å². The molecular formula is C20H30F4N2O6S. The van der Waals surface area contributed by atoms with E-state index in [1.165, 1.54) is 0 Å². The fourth-order valence-electron chi connectivity index (χ4n) is 4.89. The maximum Gasteiger partial charge on any atom is 0.431 e. The summed E-state index contributed by atoms with van der Waals surface area (Å²) in [5.41, 5.74) is 0. The average Bonchev–Trinajstić information content (AvgIpc) is 3.21. The van der Waals surface area contributed by atoms with Gasteiger partial charge >= 0.3 is 21.3 Å². The Morgan fingerprint density at radius 2 is 1.27 bits per heavy atom. The van der Waals surface area contributed by atoms with Gasteiger partial charge in [0.25, 0.3) is 0 Å². The number of ether oxygens (including phenoxy) is 1. The van der Waals surface area contributed by atoms with Crippen molar-refractivity contribution in [3.05, 3.63) is 0 Å². The van der Waals surface area contributed by atoms with Gasteiger partial charge in [-0.3, -0.25) is 14.1 Å². The van der Waals surface area contributed by atoms with Gasteiger partial charge in [-0.2, -0.15) is 26.0 Å². The Morgan fingerprint density at radius 3 is 1.73 bits per heavy atom. The maximum atomic E-state index is 14.8. The average molecular weight is 503 g/mol. The van der Waals surface area contributed by atoms with Crippen LogP contribution in [0.4, 0.5) is 17.6 Å². The predicted octanol–water partition coefficient (Wildman–Crippen LogP) is 2.77. The molecule has 1 aliphatic heterocycles. The van der Waals surface area contributed by atoms with Crippen molar-refractivity contribution < 1.29 is 44.9 Å². The molecule has 1 heterocycles. The zero-order chi connectivity index (χ0) is 24.4. The van der Waals surface area contributed by atoms with Gasteiger partial charge in [-0.15, -0.1) is 0 Å². The zero-order valence-corrected chi connectivity index (χ0v) is 18.9. The van der Waals surface area contributed by atoms with E-state index in [0.717, 1.165) is 38.5 Å². The molecule has 2 aliphatic carbocycles. The number of rotatable bonds is 7. The number of nitrogens with one attached hydrogen (secondary N) is 2. The summed E-state index contributed by atoms with van der Waals surface area (Å²) >= 11 is 0. The summed E-state index contributed by atoms with van der Waals surface area (Å²) in [6, 6.07) is -0.579. The van der Waals surface area contributed by atoms with E-state index < -0.39 is 57.7 Å². The molecule has 1 saturated heterocycles. The molecular weight excluding hydrogens is 472 g/mol. The summed E-state index contributed by atoms with van der Waals surface area (Å²) in [7, 11) is -6.51. The predicted molar refractivity (Wildman–Crippen MR) is 108 cm³/mol. The summed E-state index contributed by atoms with van der Waals surface area (Å²) in [4.78, 5) is 25.4. The van der Waals surface area contributed by atoms with Gasteiger partial charge in [-0.1, -0.05) is 38.5 Å². The highest BCUT2D eigenvalue weighted by Crippen LogP contribution is 2.49. The normalized spacial score (nSPS) is 28.5. The largest absolute Gasteiger partial charge is 0.431 e. The number of hydrogen-bond acceptors (Lipinski definition) is 5. The summed E-state index contributed by atoms with van der Waals surface area (Å²) < 4.78 is 93.8. The summed E-state index contributed by atoms with van der Waals surface area (Å²) in [5.74, 6) is -9.92. The first kappa shape index (κ1) is 26.1. The van der Waals surface area contributed by atoms with Gasteiger partial charge in [-0.05, 0) is 32.1 Å². The van der Waals surface area contributed by atoms with Crippen molar-refractivity contribution in [3.63, 3.8) is 0 Å². The SMILES string of the molecule is O=C(NC1CCCCC1)C1CC(C(F)(F)C(F)(F)S(=O)(=O)O)C(C(=O)NC2CCCCC2)O1. The molecule has 3 fully saturated rings. The van der Waals surface area contributed by atoms with Crippen LogP contribution in [0.3, 0.4) is 0 Å². The Kier molecular flexibility index (Phi) is 7.94. The number of amides is 2. The molecule has 0 bridgehead atoms. The third-order valence-electron chi connectivity index (χ3n) is 6.78. The highest BCUT2D eigenvalue weighted by Gasteiger charge is 2.72. The van der Waals surface area contributed by atoms with Gasteiger partial charge < -0.3 is 15.4 Å². The molecule has 3 N–H and O–H groups in total. The number of carbonyl (C=O) groups is 2. The van der Waals surface area contributed by atoms with Gasteiger partial charge in [0.05, 0.1) is 5.92 Å². The first-order chi connectivity index (χ1) is 15.3. The standard InChI is InChI=1S/C20H30F4N2O6S/c21-19(22,20(23,24)33(29,30)31)14-11-15(17(27)25-12-7-3-1-4-8-12)32-16(14)18(28)26-13-9-5-2-6-10-13/h12-16H,1-11H2,(H,25,27)(H,26,28)(H,29,30,31). The highest BCUT2D eigenvalue weighted by molar-refractivity contribution is 7.87. The van der Waals surface area contributed by atoms with Crippen LogP contribution in [0.1, 0.15) is 70.6 Å². The number of alkyl halides is 4. The lowest BCUT2D eigenvalue weighted by Gasteiger charge is -2.32. The van der Waals surface area contributed by atoms with Crippen molar-refractivity contribution in [1.29, 1.82) is 0 Å². The van der Waals surface area contributed by atoms with Crippen molar-refractivity contribution >= 4 is 21.9 Å². The Bertz CT molecular complexity index is 828. The van der Waals surface area contributed by atoms with Crippen LogP contribution in [0.2, 0.25) is 0 Å². The van der Waals surface area contributed by atoms with E-state index in [1.54, 1.807) is 0 Å². The van der Waals surface area contributed by atoms with E-state index in [0.29, 0.717) is 25.7 Å². The Labute approximate surface area is 189 Å². The molecule has 0 aromatic carbocycles. The first-order valence-corrected chi connectivity index (χ1v) is 12.8. The van der Waals surface area contributed by atoms with Gasteiger partial charge in [-0.25, -0.2) is 0 Å². The van der Waals surface area contributed by atoms with Gasteiger partial charge in [0.2, 0.25) is 11.8 Å². The molecule has 3 unspecified atom stereocenters. The molecule has 0 radical (unpaired) electrons. The van der Waals surface area contributed by atoms with Crippen molar-refractivity contribution in [2.75, 3.05) is 0 Å². The van der Waals surface area contributed by atoms with Crippen molar-refractivity contribution in [3.8, 4) is 0 Å². The molecule has 2 amide bonds. The van der Waals surface area contributed by atoms with Crippen molar-refractivity contribution in [2.45, 2.75) is 106 Å². The van der Waals surface area contributed by atoms with Crippen LogP contribution in [0.25, 0.3) is 0 Å². The Morgan fingerprint density at radius 1 is 0.818 bits per heavy atom. The molecule has 3 aliphatic rings. The smallest absolute Gasteiger partial charge is 0.355 e. The summed E-state index contributed by atoms with van der Waals surface area (Å²) in [6.07, 6.45) is 2.93. The Balaban J connectivity index is 1.81. The van der Waals surface area contributed by atoms with Crippen LogP contribution in [-0.4, -0.2) is 60.3 Å². The van der Waals surface area contributed by atoms with E-state index in [2.05, 4.69) is 10.6 Å². The third-order valence-corrected chi connectivity index (χ3v) is 7.70. The van der Waals surface area contributed by atoms with Crippen LogP contribution < -0.4 is 10.6 Å². The van der Waals surface area contributed by atoms with Crippen LogP contribution in [0, 0.1) is 5.92 Å². The highest BCUT2D eigenvalue weighted by atomic mass is 32.2. The second kappa shape index (κ2) is 10.0. The van der Waals surface area contributed by atoms with Crippen molar-refractivity contribution in [2.24, 2.45) is 5.92 Å². The topological polar surface area (TPSA) is 122 Å². The molecule has 0 aromatic rings. The van der Waals surface area contributed by atoms with Gasteiger partial charge in [0, 0.05) is 12.1 Å². The van der Waals surface area contributed by atoms with Crippen LogP contribution in [0.15, 0.2) is 0 Å². The quantitative estimate of drug-likeness (QED) is 0.364. The lowest BCUT2D eigenvalue weighted by molar-refractivity contribution is -0.203. The molecule has 3 rings (SSSR count). The second-order valence-electron chi connectivity index (χ2n) is 9.19. The van der Waals surface area contributed by atoms with Gasteiger partial charge in [0.1, 0.15) is 12.2 Å². The second-order valence-corrected chi connectivity index (χ2v) is 10.7. The molecule has 8 nitrogen and oxygen atoms in total. The molecule has 0 spiro atoms. The number of carbonyl (C=O) groups excluding carboxylic acids is 2. The monoisotopic (exact) mass is 502 g/mol. The van der Waals surface area contributed by atoms with Crippen LogP contribution in [0.5, 0.6) is 0 Å². The van der Waals surface area contributed by atoms with E-state index in [9.17, 15) is 35.6 Å². The van der Waals surface area contributed by atoms with E-state index in [4.69, 9.17) is 9.29 Å². The minimum atomic E-state index is -6.51. The molecule has 190 valence electrons. The summed E-state index contributed by atoms with van der Waals surface area (Å²) in [5, 5.41) is -0.714. The minimum absolute atomic E-state index is 0.219. The molecule has 13 heteroatoms. The van der Waals surface area contributed by atoms with Crippen LogP contribution >= 0.6 is 0 Å². The van der Waals surface area contributed by atoms with Gasteiger partial charge in [0.15, 0.2) is 0 Å². The molecule has 2 saturated carbocycles. The lowest BCUT2D eigenvalue weighted by atomic mass is 9.90. The minimum Gasteiger partial charge on any atom is -0.355 e. The van der Waals surface area contributed by atoms with Crippen LogP contribution in [-0.2, 0) is 24.4 Å². The fourth-order valence-corrected chi connectivity index (χ4v) is 5.39. The maximum absolute atomic E-state index is 14.8. The molecule has 0 aromatic heterocycles. The fraction of sp³-hybridized carbons (Fsp3) is 0.900. The lowest BCUT2D eigenvalue weighted by Crippen LogP contribution is -2.56. The van der Waals surface area contributed by atoms with Crippen molar-refractivity contribution in [1.82, 2.24) is 10.6 Å². The molecule has 33 heavy (non-hydrogen) atoms. The van der Waals surface area contributed by atoms with E-state index in [-0.39, 0.29) is 12.1 Å². The first-order valence-electron chi connectivity index (χ1n) is 11.3. The Hall–Kier alpha value is -1.47. The number of hydrogen-bond donors (Lipinski definition) is 3. The summed E-state index contributed by atoms with van der Waals surface area (Å²) in [6.45, 7) is 0. The molecule has 3 atom stereocenters. The third kappa shape index (κ3) is 5.61. The van der Waals surface area contributed by atoms with E-state index >= 15 is 0 Å². The zero-order valence-electron chi connectivity index (χ0n) is 18.1. The number of halogens is 4.